The maximum atomic E-state index is 13.9. The van der Waals surface area contributed by atoms with E-state index in [9.17, 15) is 27.6 Å². The number of methoxy groups -OCH3 is 2. The van der Waals surface area contributed by atoms with Crippen molar-refractivity contribution >= 4 is 45.0 Å². The second-order valence-electron chi connectivity index (χ2n) is 13.1. The third-order valence-corrected chi connectivity index (χ3v) is 9.48. The Morgan fingerprint density at radius 1 is 1.11 bits per heavy atom. The lowest BCUT2D eigenvalue weighted by molar-refractivity contribution is -0.151. The van der Waals surface area contributed by atoms with Crippen LogP contribution >= 0.6 is 0 Å². The Balaban J connectivity index is 1.35. The van der Waals surface area contributed by atoms with Crippen molar-refractivity contribution < 1.29 is 50.7 Å². The Hall–Kier alpha value is -4.18. The van der Waals surface area contributed by atoms with Gasteiger partial charge in [0, 0.05) is 18.0 Å². The van der Waals surface area contributed by atoms with E-state index in [0.29, 0.717) is 23.4 Å². The number of hydrogen-bond acceptors (Lipinski definition) is 12. The van der Waals surface area contributed by atoms with E-state index in [1.165, 1.54) is 4.90 Å². The van der Waals surface area contributed by atoms with Crippen molar-refractivity contribution in [2.75, 3.05) is 20.8 Å². The molecule has 3 aliphatic rings. The molecule has 1 aliphatic heterocycles. The number of nitrogens with one attached hydrogen (secondary N) is 2. The first-order valence-corrected chi connectivity index (χ1v) is 16.7. The van der Waals surface area contributed by atoms with Crippen LogP contribution in [0.5, 0.6) is 11.6 Å². The van der Waals surface area contributed by atoms with Crippen LogP contribution in [0.2, 0.25) is 0 Å². The Labute approximate surface area is 272 Å². The average molecular weight is 677 g/mol. The smallest absolute Gasteiger partial charge is 0.411 e. The molecule has 47 heavy (non-hydrogen) atoms. The van der Waals surface area contributed by atoms with Gasteiger partial charge in [-0.25, -0.2) is 23.5 Å². The number of pyridine rings is 1. The quantitative estimate of drug-likeness (QED) is 0.331. The zero-order valence-electron chi connectivity index (χ0n) is 27.2. The number of carbonyl (C=O) groups is 4. The summed E-state index contributed by atoms with van der Waals surface area (Å²) in [5, 5.41) is 4.24. The molecule has 0 spiro atoms. The number of aromatic nitrogens is 1. The Morgan fingerprint density at radius 3 is 2.43 bits per heavy atom. The molecule has 4 atom stereocenters. The number of amides is 3. The lowest BCUT2D eigenvalue weighted by Crippen LogP contribution is -2.57. The molecule has 0 unspecified atom stereocenters. The largest absolute Gasteiger partial charge is 0.497 e. The number of likely N-dealkylation sites (tertiary alicyclic amines) is 1. The van der Waals surface area contributed by atoms with Gasteiger partial charge in [-0.15, -0.1) is 0 Å². The van der Waals surface area contributed by atoms with Gasteiger partial charge in [-0.3, -0.25) is 14.5 Å². The summed E-state index contributed by atoms with van der Waals surface area (Å²) >= 11 is 0. The van der Waals surface area contributed by atoms with E-state index in [0.717, 1.165) is 12.5 Å². The van der Waals surface area contributed by atoms with Crippen molar-refractivity contribution in [1.29, 1.82) is 0 Å². The topological polar surface area (TPSA) is 189 Å². The maximum absolute atomic E-state index is 13.9. The standard InChI is InChI=1S/C31H40N4O11S/c1-7-19-16-31(19,26(37)34-47(40,41)46-30(11-12-30)27(38)43-6)33-24(36)23-15-21(17-35(23)28(39)45-29(2,3)4)44-25-22-9-8-20(42-5)14-18(22)10-13-32-25/h8-10,13-14,19,21,23H,7,11-12,15-17H2,1-6H3,(H,33,36)(H,34,37)/t19-,21-,23+,31-/m1/s1. The van der Waals surface area contributed by atoms with Gasteiger partial charge in [0.25, 0.3) is 5.91 Å². The lowest BCUT2D eigenvalue weighted by Gasteiger charge is -2.29. The lowest BCUT2D eigenvalue weighted by atomic mass is 10.1. The Kier molecular flexibility index (Phi) is 9.05. The predicted molar refractivity (Wildman–Crippen MR) is 165 cm³/mol. The average Bonchev–Trinajstić information content (AvgIpc) is 3.89. The molecule has 1 aromatic heterocycles. The van der Waals surface area contributed by atoms with Gasteiger partial charge in [-0.05, 0) is 75.6 Å². The van der Waals surface area contributed by atoms with E-state index in [1.54, 1.807) is 59.2 Å². The molecule has 15 nitrogen and oxygen atoms in total. The molecule has 256 valence electrons. The summed E-state index contributed by atoms with van der Waals surface area (Å²) in [5.41, 5.74) is -4.13. The van der Waals surface area contributed by atoms with Crippen molar-refractivity contribution in [3.63, 3.8) is 0 Å². The summed E-state index contributed by atoms with van der Waals surface area (Å²) < 4.78 is 54.2. The fourth-order valence-electron chi connectivity index (χ4n) is 5.83. The first kappa shape index (κ1) is 34.2. The molecule has 2 aliphatic carbocycles. The van der Waals surface area contributed by atoms with Crippen LogP contribution in [-0.2, 0) is 38.3 Å². The van der Waals surface area contributed by atoms with Crippen LogP contribution in [0.15, 0.2) is 30.5 Å². The van der Waals surface area contributed by atoms with Gasteiger partial charge < -0.3 is 24.3 Å². The van der Waals surface area contributed by atoms with Gasteiger partial charge in [0.05, 0.1) is 20.8 Å². The number of carbonyl (C=O) groups excluding carboxylic acids is 4. The second-order valence-corrected chi connectivity index (χ2v) is 14.3. The van der Waals surface area contributed by atoms with Crippen molar-refractivity contribution in [1.82, 2.24) is 19.9 Å². The Morgan fingerprint density at radius 2 is 1.83 bits per heavy atom. The molecule has 1 saturated heterocycles. The summed E-state index contributed by atoms with van der Waals surface area (Å²) in [5.74, 6) is -2.00. The van der Waals surface area contributed by atoms with Gasteiger partial charge in [-0.1, -0.05) is 13.3 Å². The molecule has 2 heterocycles. The van der Waals surface area contributed by atoms with E-state index < -0.39 is 69.0 Å². The molecule has 2 aromatic rings. The van der Waals surface area contributed by atoms with Crippen molar-refractivity contribution in [2.24, 2.45) is 5.92 Å². The highest BCUT2D eigenvalue weighted by atomic mass is 32.2. The second kappa shape index (κ2) is 12.4. The molecule has 0 radical (unpaired) electrons. The van der Waals surface area contributed by atoms with Gasteiger partial charge in [0.15, 0.2) is 5.60 Å². The van der Waals surface area contributed by atoms with Gasteiger partial charge >= 0.3 is 22.4 Å². The fraction of sp³-hybridized carbons (Fsp3) is 0.581. The molecule has 1 aromatic carbocycles. The van der Waals surface area contributed by atoms with E-state index >= 15 is 0 Å². The molecule has 16 heteroatoms. The van der Waals surface area contributed by atoms with Crippen molar-refractivity contribution in [3.8, 4) is 11.6 Å². The minimum atomic E-state index is -4.74. The minimum Gasteiger partial charge on any atom is -0.497 e. The normalized spacial score (nSPS) is 24.6. The molecule has 5 rings (SSSR count). The van der Waals surface area contributed by atoms with E-state index in [-0.39, 0.29) is 32.2 Å². The van der Waals surface area contributed by atoms with E-state index in [4.69, 9.17) is 18.4 Å². The highest BCUT2D eigenvalue weighted by Gasteiger charge is 2.63. The number of rotatable bonds is 11. The number of ether oxygens (including phenoxy) is 4. The van der Waals surface area contributed by atoms with Crippen molar-refractivity contribution in [3.05, 3.63) is 30.5 Å². The number of hydrogen-bond donors (Lipinski definition) is 2. The third-order valence-electron chi connectivity index (χ3n) is 8.50. The van der Waals surface area contributed by atoms with Crippen LogP contribution in [0.3, 0.4) is 0 Å². The molecular weight excluding hydrogens is 636 g/mol. The predicted octanol–water partition coefficient (Wildman–Crippen LogP) is 2.37. The molecule has 3 amide bonds. The SMILES string of the molecule is CC[C@@H]1C[C@]1(NC(=O)[C@@H]1C[C@@H](Oc2nccc3cc(OC)ccc23)CN1C(=O)OC(C)(C)C)C(=O)NS(=O)(=O)OC1(C(=O)OC)CC1. The van der Waals surface area contributed by atoms with Crippen LogP contribution in [0.25, 0.3) is 10.8 Å². The van der Waals surface area contributed by atoms with Gasteiger partial charge in [0.2, 0.25) is 11.8 Å². The summed E-state index contributed by atoms with van der Waals surface area (Å²) in [6.45, 7) is 6.87. The molecule has 0 bridgehead atoms. The maximum Gasteiger partial charge on any atom is 0.411 e. The summed E-state index contributed by atoms with van der Waals surface area (Å²) in [7, 11) is -2.07. The first-order chi connectivity index (χ1) is 22.0. The summed E-state index contributed by atoms with van der Waals surface area (Å²) in [6, 6.07) is 6.09. The van der Waals surface area contributed by atoms with Crippen LogP contribution in [0, 0.1) is 5.92 Å². The molecular formula is C31H40N4O11S. The first-order valence-electron chi connectivity index (χ1n) is 15.3. The minimum absolute atomic E-state index is 0.0184. The third kappa shape index (κ3) is 7.22. The van der Waals surface area contributed by atoms with Crippen LogP contribution < -0.4 is 19.5 Å². The van der Waals surface area contributed by atoms with Gasteiger partial charge in [0.1, 0.15) is 29.0 Å². The highest BCUT2D eigenvalue weighted by Crippen LogP contribution is 2.47. The van der Waals surface area contributed by atoms with Crippen molar-refractivity contribution in [2.45, 2.75) is 88.7 Å². The number of fused-ring (bicyclic) bond motifs is 1. The molecule has 2 N–H and O–H groups in total. The zero-order valence-corrected chi connectivity index (χ0v) is 28.0. The number of benzene rings is 1. The highest BCUT2D eigenvalue weighted by molar-refractivity contribution is 7.85. The number of nitrogens with zero attached hydrogens (tertiary/aromatic N) is 2. The van der Waals surface area contributed by atoms with Gasteiger partial charge in [-0.2, -0.15) is 8.42 Å². The monoisotopic (exact) mass is 676 g/mol. The van der Waals surface area contributed by atoms with E-state index in [1.807, 2.05) is 10.8 Å². The summed E-state index contributed by atoms with van der Waals surface area (Å²) in [4.78, 5) is 58.3. The van der Waals surface area contributed by atoms with Crippen LogP contribution in [-0.4, -0.2) is 91.8 Å². The Bertz CT molecular complexity index is 1690. The molecule has 3 fully saturated rings. The number of esters is 1. The zero-order chi connectivity index (χ0) is 34.4. The van der Waals surface area contributed by atoms with Crippen LogP contribution in [0.1, 0.15) is 59.8 Å². The van der Waals surface area contributed by atoms with Crippen LogP contribution in [0.4, 0.5) is 4.79 Å². The van der Waals surface area contributed by atoms with E-state index in [2.05, 4.69) is 15.0 Å². The summed E-state index contributed by atoms with van der Waals surface area (Å²) in [6.07, 6.45) is 1.02. The molecule has 2 saturated carbocycles. The fourth-order valence-corrected chi connectivity index (χ4v) is 6.94.